The Labute approximate surface area is 159 Å². The molecule has 144 valence electrons. The molecule has 0 saturated carbocycles. The van der Waals surface area contributed by atoms with E-state index < -0.39 is 9.84 Å². The lowest BCUT2D eigenvalue weighted by Crippen LogP contribution is -2.29. The number of anilines is 1. The number of carbonyl (C=O) groups is 1. The van der Waals surface area contributed by atoms with Gasteiger partial charge in [-0.2, -0.15) is 0 Å². The van der Waals surface area contributed by atoms with Crippen LogP contribution >= 0.6 is 0 Å². The molecule has 1 amide bonds. The zero-order valence-corrected chi connectivity index (χ0v) is 16.3. The highest BCUT2D eigenvalue weighted by Crippen LogP contribution is 2.21. The van der Waals surface area contributed by atoms with E-state index in [0.29, 0.717) is 30.5 Å². The van der Waals surface area contributed by atoms with Gasteiger partial charge in [0.25, 0.3) is 5.91 Å². The first-order valence-electron chi connectivity index (χ1n) is 9.02. The molecule has 0 spiro atoms. The van der Waals surface area contributed by atoms with Crippen LogP contribution in [0.25, 0.3) is 11.4 Å². The van der Waals surface area contributed by atoms with Crippen LogP contribution in [0.4, 0.5) is 5.82 Å². The molecule has 1 aromatic carbocycles. The summed E-state index contributed by atoms with van der Waals surface area (Å²) in [6, 6.07) is 10.8. The molecular formula is C19H24N4O3S. The van der Waals surface area contributed by atoms with Crippen molar-refractivity contribution in [2.24, 2.45) is 5.92 Å². The molecule has 1 aliphatic heterocycles. The van der Waals surface area contributed by atoms with Gasteiger partial charge >= 0.3 is 0 Å². The van der Waals surface area contributed by atoms with E-state index in [1.54, 1.807) is 6.07 Å². The van der Waals surface area contributed by atoms with Gasteiger partial charge in [-0.3, -0.25) is 4.79 Å². The molecule has 0 radical (unpaired) electrons. The predicted octanol–water partition coefficient (Wildman–Crippen LogP) is 2.13. The summed E-state index contributed by atoms with van der Waals surface area (Å²) in [4.78, 5) is 21.4. The Bertz CT molecular complexity index is 914. The maximum Gasteiger partial charge on any atom is 0.270 e. The van der Waals surface area contributed by atoms with Gasteiger partial charge in [-0.15, -0.1) is 0 Å². The third-order valence-electron chi connectivity index (χ3n) is 4.25. The normalized spacial score (nSPS) is 18.4. The second-order valence-electron chi connectivity index (χ2n) is 7.18. The topological polar surface area (TPSA) is 101 Å². The first-order valence-corrected chi connectivity index (χ1v) is 10.8. The standard InChI is InChI=1S/C19H24N4O3S/c1-13(2)11-20-19(24)16-10-17(21-15-8-9-27(25,26)12-15)23-18(22-16)14-6-4-3-5-7-14/h3-7,10,13,15H,8-9,11-12H2,1-2H3,(H,20,24)(H,21,22,23). The predicted molar refractivity (Wildman–Crippen MR) is 105 cm³/mol. The number of carbonyl (C=O) groups excluding carboxylic acids is 1. The average Bonchev–Trinajstić information content (AvgIpc) is 2.98. The minimum atomic E-state index is -3.01. The van der Waals surface area contributed by atoms with Crippen molar-refractivity contribution < 1.29 is 13.2 Å². The number of amides is 1. The molecule has 2 aromatic rings. The minimum absolute atomic E-state index is 0.0759. The smallest absolute Gasteiger partial charge is 0.270 e. The number of hydrogen-bond acceptors (Lipinski definition) is 6. The molecule has 1 fully saturated rings. The van der Waals surface area contributed by atoms with Crippen LogP contribution in [-0.2, 0) is 9.84 Å². The Morgan fingerprint density at radius 3 is 2.59 bits per heavy atom. The van der Waals surface area contributed by atoms with Crippen LogP contribution in [0.1, 0.15) is 30.8 Å². The fraction of sp³-hybridized carbons (Fsp3) is 0.421. The van der Waals surface area contributed by atoms with E-state index in [-0.39, 0.29) is 29.1 Å². The highest BCUT2D eigenvalue weighted by atomic mass is 32.2. The Kier molecular flexibility index (Phi) is 5.74. The molecule has 1 aromatic heterocycles. The number of nitrogens with zero attached hydrogens (tertiary/aromatic N) is 2. The number of nitrogens with one attached hydrogen (secondary N) is 2. The van der Waals surface area contributed by atoms with E-state index in [1.165, 1.54) is 0 Å². The lowest BCUT2D eigenvalue weighted by atomic mass is 10.2. The molecule has 1 unspecified atom stereocenters. The van der Waals surface area contributed by atoms with Crippen molar-refractivity contribution >= 4 is 21.6 Å². The fourth-order valence-electron chi connectivity index (χ4n) is 2.86. The van der Waals surface area contributed by atoms with E-state index in [1.807, 2.05) is 44.2 Å². The van der Waals surface area contributed by atoms with E-state index in [4.69, 9.17) is 0 Å². The van der Waals surface area contributed by atoms with Crippen LogP contribution in [-0.4, -0.2) is 48.4 Å². The molecule has 0 aliphatic carbocycles. The molecule has 0 bridgehead atoms. The van der Waals surface area contributed by atoms with Crippen LogP contribution in [0.2, 0.25) is 0 Å². The molecule has 1 atom stereocenters. The van der Waals surface area contributed by atoms with Gasteiger partial charge in [0.1, 0.15) is 11.5 Å². The third kappa shape index (κ3) is 5.26. The summed E-state index contributed by atoms with van der Waals surface area (Å²) in [6.07, 6.45) is 0.530. The van der Waals surface area contributed by atoms with Crippen LogP contribution in [0.3, 0.4) is 0 Å². The maximum atomic E-state index is 12.5. The second-order valence-corrected chi connectivity index (χ2v) is 9.40. The summed E-state index contributed by atoms with van der Waals surface area (Å²) in [7, 11) is -3.01. The summed E-state index contributed by atoms with van der Waals surface area (Å²) >= 11 is 0. The zero-order chi connectivity index (χ0) is 19.4. The second kappa shape index (κ2) is 8.04. The van der Waals surface area contributed by atoms with Crippen molar-refractivity contribution in [3.05, 3.63) is 42.1 Å². The lowest BCUT2D eigenvalue weighted by molar-refractivity contribution is 0.0944. The van der Waals surface area contributed by atoms with Crippen molar-refractivity contribution in [3.63, 3.8) is 0 Å². The highest BCUT2D eigenvalue weighted by Gasteiger charge is 2.28. The Hall–Kier alpha value is -2.48. The summed E-state index contributed by atoms with van der Waals surface area (Å²) < 4.78 is 23.4. The molecule has 7 nitrogen and oxygen atoms in total. The molecular weight excluding hydrogens is 364 g/mol. The van der Waals surface area contributed by atoms with Gasteiger partial charge in [-0.05, 0) is 12.3 Å². The minimum Gasteiger partial charge on any atom is -0.366 e. The molecule has 8 heteroatoms. The van der Waals surface area contributed by atoms with Crippen molar-refractivity contribution in [2.75, 3.05) is 23.4 Å². The van der Waals surface area contributed by atoms with Crippen molar-refractivity contribution in [1.29, 1.82) is 0 Å². The van der Waals surface area contributed by atoms with Gasteiger partial charge in [-0.25, -0.2) is 18.4 Å². The van der Waals surface area contributed by atoms with Crippen molar-refractivity contribution in [2.45, 2.75) is 26.3 Å². The first kappa shape index (κ1) is 19.3. The van der Waals surface area contributed by atoms with Crippen molar-refractivity contribution in [1.82, 2.24) is 15.3 Å². The molecule has 3 rings (SSSR count). The zero-order valence-electron chi connectivity index (χ0n) is 15.5. The van der Waals surface area contributed by atoms with Crippen LogP contribution in [0.15, 0.2) is 36.4 Å². The van der Waals surface area contributed by atoms with Crippen LogP contribution in [0, 0.1) is 5.92 Å². The highest BCUT2D eigenvalue weighted by molar-refractivity contribution is 7.91. The summed E-state index contributed by atoms with van der Waals surface area (Å²) in [5.74, 6) is 1.18. The Morgan fingerprint density at radius 2 is 1.96 bits per heavy atom. The molecule has 2 heterocycles. The van der Waals surface area contributed by atoms with Gasteiger partial charge in [-0.1, -0.05) is 44.2 Å². The third-order valence-corrected chi connectivity index (χ3v) is 6.01. The molecule has 1 saturated heterocycles. The summed E-state index contributed by atoms with van der Waals surface area (Å²) in [6.45, 7) is 4.58. The monoisotopic (exact) mass is 388 g/mol. The van der Waals surface area contributed by atoms with E-state index in [2.05, 4.69) is 20.6 Å². The van der Waals surface area contributed by atoms with E-state index >= 15 is 0 Å². The van der Waals surface area contributed by atoms with Gasteiger partial charge < -0.3 is 10.6 Å². The SMILES string of the molecule is CC(C)CNC(=O)c1cc(NC2CCS(=O)(=O)C2)nc(-c2ccccc2)n1. The van der Waals surface area contributed by atoms with Gasteiger partial charge in [0.05, 0.1) is 11.5 Å². The van der Waals surface area contributed by atoms with Crippen LogP contribution < -0.4 is 10.6 Å². The largest absolute Gasteiger partial charge is 0.366 e. The van der Waals surface area contributed by atoms with E-state index in [9.17, 15) is 13.2 Å². The fourth-order valence-corrected chi connectivity index (χ4v) is 4.53. The number of hydrogen-bond donors (Lipinski definition) is 2. The Balaban J connectivity index is 1.89. The number of rotatable bonds is 6. The number of aromatic nitrogens is 2. The van der Waals surface area contributed by atoms with E-state index in [0.717, 1.165) is 5.56 Å². The Morgan fingerprint density at radius 1 is 1.22 bits per heavy atom. The first-order chi connectivity index (χ1) is 12.8. The lowest BCUT2D eigenvalue weighted by Gasteiger charge is -2.14. The maximum absolute atomic E-state index is 12.5. The summed E-state index contributed by atoms with van der Waals surface area (Å²) in [5, 5.41) is 6.01. The van der Waals surface area contributed by atoms with Gasteiger partial charge in [0.2, 0.25) is 0 Å². The quantitative estimate of drug-likeness (QED) is 0.786. The van der Waals surface area contributed by atoms with Gasteiger partial charge in [0.15, 0.2) is 15.7 Å². The van der Waals surface area contributed by atoms with Gasteiger partial charge in [0, 0.05) is 24.2 Å². The molecule has 2 N–H and O–H groups in total. The summed E-state index contributed by atoms with van der Waals surface area (Å²) in [5.41, 5.74) is 1.05. The number of sulfone groups is 1. The molecule has 27 heavy (non-hydrogen) atoms. The molecule has 1 aliphatic rings. The van der Waals surface area contributed by atoms with Crippen molar-refractivity contribution in [3.8, 4) is 11.4 Å². The average molecular weight is 388 g/mol. The number of benzene rings is 1. The van der Waals surface area contributed by atoms with Crippen LogP contribution in [0.5, 0.6) is 0 Å².